The third kappa shape index (κ3) is 6.83. The maximum Gasteiger partial charge on any atom is 0.426 e. The molecule has 20 heteroatoms. The summed E-state index contributed by atoms with van der Waals surface area (Å²) in [6.07, 6.45) is -38.4. The number of halogens is 15. The van der Waals surface area contributed by atoms with Crippen LogP contribution in [0.15, 0.2) is 0 Å². The number of hydrogen-bond acceptors (Lipinski definition) is 5. The first-order valence-corrected chi connectivity index (χ1v) is 15.3. The summed E-state index contributed by atoms with van der Waals surface area (Å²) in [5.74, 6) is -14.0. The Hall–Kier alpha value is -1.70. The van der Waals surface area contributed by atoms with Crippen molar-refractivity contribution in [1.29, 1.82) is 0 Å². The van der Waals surface area contributed by atoms with Gasteiger partial charge in [0, 0.05) is 11.8 Å². The van der Waals surface area contributed by atoms with E-state index >= 15 is 13.2 Å². The number of ether oxygens (including phenoxy) is 1. The molecule has 49 heavy (non-hydrogen) atoms. The Morgan fingerprint density at radius 2 is 1.08 bits per heavy atom. The molecule has 0 heterocycles. The highest BCUT2D eigenvalue weighted by molar-refractivity contribution is 5.79. The van der Waals surface area contributed by atoms with Gasteiger partial charge in [-0.05, 0) is 88.4 Å². The number of aliphatic hydroxyl groups is 3. The van der Waals surface area contributed by atoms with E-state index in [1.807, 2.05) is 0 Å². The van der Waals surface area contributed by atoms with Crippen molar-refractivity contribution in [3.8, 4) is 0 Å². The van der Waals surface area contributed by atoms with E-state index in [4.69, 9.17) is 4.74 Å². The van der Waals surface area contributed by atoms with E-state index in [1.54, 1.807) is 0 Å². The van der Waals surface area contributed by atoms with Crippen LogP contribution in [0.1, 0.15) is 72.6 Å². The minimum Gasteiger partial charge on any atom is -0.462 e. The van der Waals surface area contributed by atoms with Crippen molar-refractivity contribution in [3.05, 3.63) is 0 Å². The average molecular weight is 751 g/mol. The lowest BCUT2D eigenvalue weighted by Crippen LogP contribution is -2.59. The molecule has 0 amide bonds. The highest BCUT2D eigenvalue weighted by Gasteiger charge is 2.75. The molecular formula is C29H37F15O5. The number of hydrogen-bond donors (Lipinski definition) is 3. The fraction of sp³-hybridized carbons (Fsp3) is 0.966. The number of carbonyl (C=O) groups is 1. The Morgan fingerprint density at radius 3 is 1.41 bits per heavy atom. The largest absolute Gasteiger partial charge is 0.462 e. The molecule has 10 unspecified atom stereocenters. The fourth-order valence-corrected chi connectivity index (χ4v) is 8.71. The summed E-state index contributed by atoms with van der Waals surface area (Å²) < 4.78 is 213. The fourth-order valence-electron chi connectivity index (χ4n) is 8.71. The lowest BCUT2D eigenvalue weighted by atomic mass is 9.59. The lowest BCUT2D eigenvalue weighted by Gasteiger charge is -2.49. The molecule has 0 radical (unpaired) electrons. The summed E-state index contributed by atoms with van der Waals surface area (Å²) in [5.41, 5.74) is -16.2. The topological polar surface area (TPSA) is 87.0 Å². The second-order valence-corrected chi connectivity index (χ2v) is 14.3. The van der Waals surface area contributed by atoms with Crippen molar-refractivity contribution in [2.45, 2.75) is 126 Å². The molecule has 3 aliphatic rings. The van der Waals surface area contributed by atoms with Gasteiger partial charge in [-0.25, -0.2) is 0 Å². The van der Waals surface area contributed by atoms with Crippen molar-refractivity contribution in [2.75, 3.05) is 0 Å². The molecule has 0 saturated heterocycles. The van der Waals surface area contributed by atoms with Gasteiger partial charge in [-0.2, -0.15) is 65.9 Å². The Bertz CT molecular complexity index is 1150. The van der Waals surface area contributed by atoms with Crippen LogP contribution in [0.3, 0.4) is 0 Å². The van der Waals surface area contributed by atoms with Crippen LogP contribution in [0, 0.1) is 46.8 Å². The van der Waals surface area contributed by atoms with Gasteiger partial charge in [0.25, 0.3) is 5.60 Å². The molecular weight excluding hydrogens is 713 g/mol. The molecule has 0 spiro atoms. The summed E-state index contributed by atoms with van der Waals surface area (Å²) in [7, 11) is 0. The quantitative estimate of drug-likeness (QED) is 0.173. The van der Waals surface area contributed by atoms with E-state index in [-0.39, 0.29) is 20.3 Å². The number of rotatable bonds is 8. The van der Waals surface area contributed by atoms with Gasteiger partial charge >= 0.3 is 36.9 Å². The zero-order valence-electron chi connectivity index (χ0n) is 26.4. The SMILES string of the molecule is CCC(C(=O)OC1CC(C(C)(O)C(F)(F)F)CC(C(C)(O)C(F)(F)F)C1)(C1C2CC(CC(O)(C(F)(F)F)C(F)(F)F)C(C2)C1C)C(F)(F)F. The van der Waals surface area contributed by atoms with Gasteiger partial charge in [0.05, 0.1) is 0 Å². The normalized spacial score (nSPS) is 34.2. The van der Waals surface area contributed by atoms with Crippen molar-refractivity contribution in [1.82, 2.24) is 0 Å². The van der Waals surface area contributed by atoms with Gasteiger partial charge in [-0.15, -0.1) is 0 Å². The summed E-state index contributed by atoms with van der Waals surface area (Å²) in [5, 5.41) is 30.2. The third-order valence-electron chi connectivity index (χ3n) is 11.7. The first-order valence-electron chi connectivity index (χ1n) is 15.3. The summed E-state index contributed by atoms with van der Waals surface area (Å²) in [6.45, 7) is 2.35. The predicted molar refractivity (Wildman–Crippen MR) is 137 cm³/mol. The van der Waals surface area contributed by atoms with Gasteiger partial charge in [0.2, 0.25) is 0 Å². The molecule has 2 bridgehead atoms. The Balaban J connectivity index is 2.00. The van der Waals surface area contributed by atoms with Crippen LogP contribution in [0.2, 0.25) is 0 Å². The van der Waals surface area contributed by atoms with Crippen molar-refractivity contribution in [3.63, 3.8) is 0 Å². The number of fused-ring (bicyclic) bond motifs is 2. The molecule has 3 fully saturated rings. The second-order valence-electron chi connectivity index (χ2n) is 14.3. The number of alkyl halides is 15. The first kappa shape index (κ1) is 41.7. The maximum absolute atomic E-state index is 15.0. The van der Waals surface area contributed by atoms with Crippen molar-refractivity contribution in [2.24, 2.45) is 46.8 Å². The number of esters is 1. The van der Waals surface area contributed by atoms with Gasteiger partial charge in [-0.3, -0.25) is 4.79 Å². The number of carbonyl (C=O) groups excluding carboxylic acids is 1. The van der Waals surface area contributed by atoms with Crippen molar-refractivity contribution >= 4 is 5.97 Å². The van der Waals surface area contributed by atoms with Crippen LogP contribution in [-0.4, -0.2) is 75.1 Å². The standard InChI is InChI=1S/C29H37F15O5/c1-5-23(27(36,37)38,19-12(2)18-7-13(19)6-14(18)11-24(48,28(39,40)41)29(42,43)44)20(45)49-17-9-15(21(3,46)25(30,31)32)8-16(10-17)22(4,47)26(33,34)35/h12-19,46-48H,5-11H2,1-4H3. The van der Waals surface area contributed by atoms with Crippen LogP contribution in [0.5, 0.6) is 0 Å². The highest BCUT2D eigenvalue weighted by atomic mass is 19.4. The molecule has 3 saturated carbocycles. The summed E-state index contributed by atoms with van der Waals surface area (Å²) in [6, 6.07) is 0. The average Bonchev–Trinajstić information content (AvgIpc) is 3.44. The first-order chi connectivity index (χ1) is 21.6. The van der Waals surface area contributed by atoms with E-state index in [0.29, 0.717) is 0 Å². The summed E-state index contributed by atoms with van der Waals surface area (Å²) >= 11 is 0. The lowest BCUT2D eigenvalue weighted by molar-refractivity contribution is -0.373. The minimum absolute atomic E-state index is 0.208. The van der Waals surface area contributed by atoms with Gasteiger partial charge in [0.1, 0.15) is 6.10 Å². The van der Waals surface area contributed by atoms with E-state index in [0.717, 1.165) is 13.8 Å². The molecule has 0 aromatic heterocycles. The predicted octanol–water partition coefficient (Wildman–Crippen LogP) is 8.05. The Kier molecular flexibility index (Phi) is 10.6. The van der Waals surface area contributed by atoms with E-state index in [9.17, 15) is 72.8 Å². The zero-order valence-corrected chi connectivity index (χ0v) is 26.4. The van der Waals surface area contributed by atoms with Gasteiger partial charge in [0.15, 0.2) is 16.6 Å². The Labute approximate surface area is 270 Å². The summed E-state index contributed by atoms with van der Waals surface area (Å²) in [4.78, 5) is 13.7. The van der Waals surface area contributed by atoms with Gasteiger partial charge < -0.3 is 20.1 Å². The van der Waals surface area contributed by atoms with E-state index in [2.05, 4.69) is 0 Å². The van der Waals surface area contributed by atoms with E-state index in [1.165, 1.54) is 0 Å². The molecule has 3 aliphatic carbocycles. The van der Waals surface area contributed by atoms with Crippen molar-refractivity contribution < 1.29 is 90.7 Å². The van der Waals surface area contributed by atoms with E-state index < -0.39 is 145 Å². The second kappa shape index (κ2) is 12.5. The highest BCUT2D eigenvalue weighted by Crippen LogP contribution is 2.67. The minimum atomic E-state index is -6.19. The Morgan fingerprint density at radius 1 is 0.653 bits per heavy atom. The molecule has 0 aliphatic heterocycles. The van der Waals surface area contributed by atoms with Crippen LogP contribution in [0.25, 0.3) is 0 Å². The van der Waals surface area contributed by atoms with Crippen LogP contribution < -0.4 is 0 Å². The molecule has 288 valence electrons. The third-order valence-corrected chi connectivity index (χ3v) is 11.7. The molecule has 3 N–H and O–H groups in total. The van der Waals surface area contributed by atoms with Crippen LogP contribution >= 0.6 is 0 Å². The van der Waals surface area contributed by atoms with Gasteiger partial charge in [-0.1, -0.05) is 13.8 Å². The smallest absolute Gasteiger partial charge is 0.426 e. The zero-order chi connectivity index (χ0) is 38.4. The van der Waals surface area contributed by atoms with Crippen LogP contribution in [0.4, 0.5) is 65.9 Å². The monoisotopic (exact) mass is 750 g/mol. The molecule has 3 rings (SSSR count). The molecule has 0 aromatic rings. The molecule has 5 nitrogen and oxygen atoms in total. The molecule has 10 atom stereocenters. The van der Waals surface area contributed by atoms with Crippen LogP contribution in [-0.2, 0) is 9.53 Å². The maximum atomic E-state index is 15.0. The molecule has 0 aromatic carbocycles.